The van der Waals surface area contributed by atoms with Crippen LogP contribution in [0.2, 0.25) is 5.02 Å². The van der Waals surface area contributed by atoms with Gasteiger partial charge in [-0.25, -0.2) is 14.8 Å². The Hall–Kier alpha value is -3.39. The second kappa shape index (κ2) is 8.53. The van der Waals surface area contributed by atoms with Gasteiger partial charge in [0, 0.05) is 10.4 Å². The number of nitrogens with one attached hydrogen (secondary N) is 1. The van der Waals surface area contributed by atoms with Gasteiger partial charge in [0.25, 0.3) is 0 Å². The molecule has 0 saturated heterocycles. The summed E-state index contributed by atoms with van der Waals surface area (Å²) >= 11 is 5.97. The average Bonchev–Trinajstić information content (AvgIpc) is 2.67. The lowest BCUT2D eigenvalue weighted by molar-refractivity contribution is -0.118. The molecule has 1 aromatic heterocycles. The molecular formula is C19H18ClN5O3. The van der Waals surface area contributed by atoms with Crippen LogP contribution in [0.3, 0.4) is 0 Å². The summed E-state index contributed by atoms with van der Waals surface area (Å²) in [6, 6.07) is 13.3. The predicted molar refractivity (Wildman–Crippen MR) is 105 cm³/mol. The third-order valence-electron chi connectivity index (χ3n) is 3.93. The molecule has 28 heavy (non-hydrogen) atoms. The highest BCUT2D eigenvalue weighted by Gasteiger charge is 2.22. The maximum absolute atomic E-state index is 12.2. The number of nitrogen functional groups attached to an aromatic ring is 1. The van der Waals surface area contributed by atoms with Gasteiger partial charge in [-0.1, -0.05) is 41.9 Å². The first kappa shape index (κ1) is 19.4. The lowest BCUT2D eigenvalue weighted by Crippen LogP contribution is -2.33. The maximum atomic E-state index is 12.2. The summed E-state index contributed by atoms with van der Waals surface area (Å²) in [5.74, 6) is -0.300. The zero-order valence-corrected chi connectivity index (χ0v) is 15.5. The lowest BCUT2D eigenvalue weighted by Gasteiger charge is -2.17. The number of carbonyl (C=O) groups is 2. The van der Waals surface area contributed by atoms with Crippen molar-refractivity contribution in [2.45, 2.75) is 19.1 Å². The van der Waals surface area contributed by atoms with E-state index >= 15 is 0 Å². The van der Waals surface area contributed by atoms with Gasteiger partial charge in [-0.15, -0.1) is 0 Å². The minimum atomic E-state index is -0.886. The average molecular weight is 400 g/mol. The van der Waals surface area contributed by atoms with Crippen molar-refractivity contribution in [2.24, 2.45) is 5.73 Å². The van der Waals surface area contributed by atoms with Gasteiger partial charge in [0.1, 0.15) is 18.5 Å². The summed E-state index contributed by atoms with van der Waals surface area (Å²) < 4.78 is 5.19. The smallest absolute Gasteiger partial charge is 0.408 e. The Bertz CT molecular complexity index is 1010. The molecule has 0 aliphatic rings. The van der Waals surface area contributed by atoms with Gasteiger partial charge >= 0.3 is 6.09 Å². The van der Waals surface area contributed by atoms with Crippen molar-refractivity contribution in [3.63, 3.8) is 0 Å². The number of anilines is 1. The van der Waals surface area contributed by atoms with Gasteiger partial charge in [-0.05, 0) is 23.8 Å². The third kappa shape index (κ3) is 4.86. The minimum Gasteiger partial charge on any atom is -0.445 e. The zero-order valence-electron chi connectivity index (χ0n) is 14.8. The van der Waals surface area contributed by atoms with E-state index in [4.69, 9.17) is 27.8 Å². The maximum Gasteiger partial charge on any atom is 0.408 e. The standard InChI is InChI=1S/C19H18ClN5O3/c20-12-6-7-14-13(8-12)17(22)25-18(23-14)15(9-16(21)26)24-19(27)28-10-11-4-2-1-3-5-11/h1-8,15H,9-10H2,(H2,21,26)(H,24,27)(H2,22,23,25). The quantitative estimate of drug-likeness (QED) is 0.583. The number of halogens is 1. The summed E-state index contributed by atoms with van der Waals surface area (Å²) in [6.45, 7) is 0.0786. The van der Waals surface area contributed by atoms with Crippen molar-refractivity contribution in [1.29, 1.82) is 0 Å². The highest BCUT2D eigenvalue weighted by molar-refractivity contribution is 6.31. The van der Waals surface area contributed by atoms with Crippen LogP contribution in [0, 0.1) is 0 Å². The van der Waals surface area contributed by atoms with Crippen molar-refractivity contribution in [1.82, 2.24) is 15.3 Å². The van der Waals surface area contributed by atoms with Crippen LogP contribution in [0.1, 0.15) is 23.9 Å². The van der Waals surface area contributed by atoms with Crippen LogP contribution in [0.15, 0.2) is 48.5 Å². The molecule has 9 heteroatoms. The molecule has 0 spiro atoms. The van der Waals surface area contributed by atoms with E-state index < -0.39 is 18.0 Å². The van der Waals surface area contributed by atoms with Crippen LogP contribution in [-0.2, 0) is 16.1 Å². The predicted octanol–water partition coefficient (Wildman–Crippen LogP) is 2.71. The van der Waals surface area contributed by atoms with Crippen molar-refractivity contribution in [3.8, 4) is 0 Å². The highest BCUT2D eigenvalue weighted by atomic mass is 35.5. The Kier molecular flexibility index (Phi) is 5.90. The van der Waals surface area contributed by atoms with Gasteiger partial charge in [0.05, 0.1) is 11.9 Å². The number of fused-ring (bicyclic) bond motifs is 1. The number of hydrogen-bond donors (Lipinski definition) is 3. The number of primary amides is 1. The fourth-order valence-corrected chi connectivity index (χ4v) is 2.79. The van der Waals surface area contributed by atoms with E-state index in [1.807, 2.05) is 30.3 Å². The molecule has 1 atom stereocenters. The van der Waals surface area contributed by atoms with Crippen LogP contribution >= 0.6 is 11.6 Å². The number of nitrogens with zero attached hydrogens (tertiary/aromatic N) is 2. The highest BCUT2D eigenvalue weighted by Crippen LogP contribution is 2.24. The number of ether oxygens (including phenoxy) is 1. The first-order valence-corrected chi connectivity index (χ1v) is 8.78. The van der Waals surface area contributed by atoms with Crippen LogP contribution in [0.25, 0.3) is 10.9 Å². The molecule has 0 aliphatic heterocycles. The number of nitrogens with two attached hydrogens (primary N) is 2. The second-order valence-electron chi connectivity index (χ2n) is 6.06. The molecule has 8 nitrogen and oxygen atoms in total. The van der Waals surface area contributed by atoms with Crippen LogP contribution in [-0.4, -0.2) is 22.0 Å². The van der Waals surface area contributed by atoms with E-state index in [-0.39, 0.29) is 24.7 Å². The molecule has 0 saturated carbocycles. The lowest BCUT2D eigenvalue weighted by atomic mass is 10.1. The van der Waals surface area contributed by atoms with Crippen molar-refractivity contribution in [2.75, 3.05) is 5.73 Å². The summed E-state index contributed by atoms with van der Waals surface area (Å²) in [5.41, 5.74) is 12.7. The Morgan fingerprint density at radius 1 is 1.14 bits per heavy atom. The third-order valence-corrected chi connectivity index (χ3v) is 4.16. The first-order valence-electron chi connectivity index (χ1n) is 8.40. The largest absolute Gasteiger partial charge is 0.445 e. The molecule has 2 amide bonds. The van der Waals surface area contributed by atoms with E-state index in [0.717, 1.165) is 5.56 Å². The number of amides is 2. The molecule has 5 N–H and O–H groups in total. The molecule has 144 valence electrons. The Labute approximate surface area is 165 Å². The van der Waals surface area contributed by atoms with E-state index in [2.05, 4.69) is 15.3 Å². The summed E-state index contributed by atoms with van der Waals surface area (Å²) in [4.78, 5) is 32.2. The number of benzene rings is 2. The van der Waals surface area contributed by atoms with E-state index in [9.17, 15) is 9.59 Å². The zero-order chi connectivity index (χ0) is 20.1. The molecule has 0 aliphatic carbocycles. The van der Waals surface area contributed by atoms with Gasteiger partial charge < -0.3 is 21.5 Å². The van der Waals surface area contributed by atoms with Crippen LogP contribution in [0.4, 0.5) is 10.6 Å². The molecule has 3 rings (SSSR count). The molecule has 1 unspecified atom stereocenters. The number of rotatable bonds is 6. The topological polar surface area (TPSA) is 133 Å². The van der Waals surface area contributed by atoms with E-state index in [1.165, 1.54) is 0 Å². The van der Waals surface area contributed by atoms with Crippen molar-refractivity contribution >= 4 is 40.3 Å². The van der Waals surface area contributed by atoms with Crippen molar-refractivity contribution in [3.05, 3.63) is 64.9 Å². The second-order valence-corrected chi connectivity index (χ2v) is 6.49. The number of alkyl carbamates (subject to hydrolysis) is 1. The molecular weight excluding hydrogens is 382 g/mol. The number of aromatic nitrogens is 2. The van der Waals surface area contributed by atoms with Crippen LogP contribution in [0.5, 0.6) is 0 Å². The van der Waals surface area contributed by atoms with Gasteiger partial charge in [-0.3, -0.25) is 4.79 Å². The minimum absolute atomic E-state index is 0.0786. The number of hydrogen-bond acceptors (Lipinski definition) is 6. The van der Waals surface area contributed by atoms with Gasteiger partial charge in [0.15, 0.2) is 5.82 Å². The molecule has 0 bridgehead atoms. The fraction of sp³-hybridized carbons (Fsp3) is 0.158. The summed E-state index contributed by atoms with van der Waals surface area (Å²) in [6.07, 6.45) is -0.938. The summed E-state index contributed by atoms with van der Waals surface area (Å²) in [5, 5.41) is 3.63. The molecule has 1 heterocycles. The molecule has 0 fully saturated rings. The Balaban J connectivity index is 1.79. The normalized spacial score (nSPS) is 11.8. The number of carbonyl (C=O) groups excluding carboxylic acids is 2. The van der Waals surface area contributed by atoms with Crippen molar-refractivity contribution < 1.29 is 14.3 Å². The monoisotopic (exact) mass is 399 g/mol. The van der Waals surface area contributed by atoms with E-state index in [0.29, 0.717) is 15.9 Å². The van der Waals surface area contributed by atoms with Gasteiger partial charge in [-0.2, -0.15) is 0 Å². The fourth-order valence-electron chi connectivity index (χ4n) is 2.61. The molecule has 2 aromatic carbocycles. The Morgan fingerprint density at radius 2 is 1.89 bits per heavy atom. The molecule has 3 aromatic rings. The van der Waals surface area contributed by atoms with E-state index in [1.54, 1.807) is 18.2 Å². The van der Waals surface area contributed by atoms with Crippen LogP contribution < -0.4 is 16.8 Å². The first-order chi connectivity index (χ1) is 13.4. The summed E-state index contributed by atoms with van der Waals surface area (Å²) in [7, 11) is 0. The SMILES string of the molecule is NC(=O)CC(NC(=O)OCc1ccccc1)c1nc(N)c2cc(Cl)ccc2n1. The van der Waals surface area contributed by atoms with Gasteiger partial charge in [0.2, 0.25) is 5.91 Å². The Morgan fingerprint density at radius 3 is 2.61 bits per heavy atom. The molecule has 0 radical (unpaired) electrons.